The Kier molecular flexibility index (Phi) is 3.91. The van der Waals surface area contributed by atoms with Gasteiger partial charge in [-0.05, 0) is 56.5 Å². The number of halogens is 2. The van der Waals surface area contributed by atoms with E-state index in [0.29, 0.717) is 12.2 Å². The van der Waals surface area contributed by atoms with Gasteiger partial charge < -0.3 is 5.73 Å². The van der Waals surface area contributed by atoms with Crippen LogP contribution in [0.15, 0.2) is 27.1 Å². The lowest BCUT2D eigenvalue weighted by molar-refractivity contribution is -0.384. The summed E-state index contributed by atoms with van der Waals surface area (Å²) in [6.07, 6.45) is 0. The van der Waals surface area contributed by atoms with Crippen molar-refractivity contribution < 1.29 is 4.92 Å². The number of hydrogen-bond donors (Lipinski definition) is 1. The highest BCUT2D eigenvalue weighted by atomic mass is 79.9. The molecule has 0 amide bonds. The molecule has 1 aromatic heterocycles. The van der Waals surface area contributed by atoms with Gasteiger partial charge in [0.2, 0.25) is 5.82 Å². The number of benzene rings is 1. The Balaban J connectivity index is 2.36. The molecular weight excluding hydrogens is 380 g/mol. The summed E-state index contributed by atoms with van der Waals surface area (Å²) in [6.45, 7) is 1.95. The molecule has 8 heteroatoms. The maximum Gasteiger partial charge on any atom is 0.333 e. The lowest BCUT2D eigenvalue weighted by atomic mass is 10.2. The van der Waals surface area contributed by atoms with Crippen LogP contribution in [0.3, 0.4) is 0 Å². The van der Waals surface area contributed by atoms with Crippen LogP contribution in [0.5, 0.6) is 0 Å². The van der Waals surface area contributed by atoms with Crippen molar-refractivity contribution in [1.29, 1.82) is 0 Å². The lowest BCUT2D eigenvalue weighted by Crippen LogP contribution is -2.06. The van der Waals surface area contributed by atoms with Crippen molar-refractivity contribution >= 4 is 43.4 Å². The third kappa shape index (κ3) is 2.79. The number of nitrogens with zero attached hydrogens (tertiary/aromatic N) is 3. The van der Waals surface area contributed by atoms with Crippen LogP contribution in [-0.4, -0.2) is 14.7 Å². The molecule has 0 spiro atoms. The summed E-state index contributed by atoms with van der Waals surface area (Å²) in [4.78, 5) is 10.4. The molecule has 0 aliphatic rings. The second-order valence-electron chi connectivity index (χ2n) is 3.98. The standard InChI is InChI=1S/C11H10Br2N4O2/c1-6-10(17(18)19)11(14)16(15-6)5-7-2-3-8(12)9(13)4-7/h2-4H,5,14H2,1H3. The first kappa shape index (κ1) is 14.0. The van der Waals surface area contributed by atoms with E-state index in [1.807, 2.05) is 18.2 Å². The lowest BCUT2D eigenvalue weighted by Gasteiger charge is -2.05. The third-order valence-electron chi connectivity index (χ3n) is 2.63. The summed E-state index contributed by atoms with van der Waals surface area (Å²) in [7, 11) is 0. The van der Waals surface area contributed by atoms with Crippen LogP contribution in [0, 0.1) is 17.0 Å². The molecule has 0 aliphatic carbocycles. The molecule has 0 bridgehead atoms. The maximum absolute atomic E-state index is 10.9. The van der Waals surface area contributed by atoms with Crippen LogP contribution < -0.4 is 5.73 Å². The zero-order valence-corrected chi connectivity index (χ0v) is 13.1. The SMILES string of the molecule is Cc1nn(Cc2ccc(Br)c(Br)c2)c(N)c1[N+](=O)[O-]. The van der Waals surface area contributed by atoms with Crippen molar-refractivity contribution in [1.82, 2.24) is 9.78 Å². The highest BCUT2D eigenvalue weighted by Crippen LogP contribution is 2.27. The van der Waals surface area contributed by atoms with E-state index in [4.69, 9.17) is 5.73 Å². The molecule has 2 N–H and O–H groups in total. The zero-order valence-electron chi connectivity index (χ0n) is 9.93. The van der Waals surface area contributed by atoms with Gasteiger partial charge in [-0.1, -0.05) is 6.07 Å². The van der Waals surface area contributed by atoms with Crippen LogP contribution in [0.4, 0.5) is 11.5 Å². The normalized spacial score (nSPS) is 10.7. The van der Waals surface area contributed by atoms with Gasteiger partial charge >= 0.3 is 5.69 Å². The fourth-order valence-electron chi connectivity index (χ4n) is 1.75. The van der Waals surface area contributed by atoms with E-state index in [0.717, 1.165) is 14.5 Å². The van der Waals surface area contributed by atoms with Crippen molar-refractivity contribution in [3.63, 3.8) is 0 Å². The molecule has 0 fully saturated rings. The van der Waals surface area contributed by atoms with Gasteiger partial charge in [-0.2, -0.15) is 5.10 Å². The molecular formula is C11H10Br2N4O2. The molecule has 0 saturated heterocycles. The van der Waals surface area contributed by atoms with E-state index in [2.05, 4.69) is 37.0 Å². The van der Waals surface area contributed by atoms with Crippen LogP contribution in [-0.2, 0) is 6.54 Å². The Bertz CT molecular complexity index is 654. The van der Waals surface area contributed by atoms with Crippen molar-refractivity contribution in [3.8, 4) is 0 Å². The van der Waals surface area contributed by atoms with Gasteiger partial charge in [-0.25, -0.2) is 4.68 Å². The van der Waals surface area contributed by atoms with E-state index < -0.39 is 4.92 Å². The predicted octanol–water partition coefficient (Wildman–Crippen LogP) is 3.26. The van der Waals surface area contributed by atoms with Crippen LogP contribution >= 0.6 is 31.9 Å². The summed E-state index contributed by atoms with van der Waals surface area (Å²) < 4.78 is 3.28. The van der Waals surface area contributed by atoms with Gasteiger partial charge in [0.05, 0.1) is 11.5 Å². The number of aryl methyl sites for hydroxylation is 1. The van der Waals surface area contributed by atoms with Crippen molar-refractivity contribution in [2.45, 2.75) is 13.5 Å². The summed E-state index contributed by atoms with van der Waals surface area (Å²) in [6, 6.07) is 5.70. The van der Waals surface area contributed by atoms with Gasteiger partial charge in [0.25, 0.3) is 0 Å². The summed E-state index contributed by atoms with van der Waals surface area (Å²) in [5.41, 5.74) is 6.89. The number of aromatic nitrogens is 2. The van der Waals surface area contributed by atoms with Crippen LogP contribution in [0.1, 0.15) is 11.3 Å². The van der Waals surface area contributed by atoms with E-state index >= 15 is 0 Å². The largest absolute Gasteiger partial charge is 0.378 e. The average molecular weight is 390 g/mol. The Labute approximate surface area is 126 Å². The number of anilines is 1. The fourth-order valence-corrected chi connectivity index (χ4v) is 2.42. The Hall–Kier alpha value is -1.41. The van der Waals surface area contributed by atoms with Gasteiger partial charge in [0, 0.05) is 8.95 Å². The minimum Gasteiger partial charge on any atom is -0.378 e. The first-order chi connectivity index (χ1) is 8.90. The first-order valence-electron chi connectivity index (χ1n) is 5.31. The summed E-state index contributed by atoms with van der Waals surface area (Å²) >= 11 is 6.79. The van der Waals surface area contributed by atoms with Crippen molar-refractivity contribution in [3.05, 3.63) is 48.5 Å². The quantitative estimate of drug-likeness (QED) is 0.644. The molecule has 0 unspecified atom stereocenters. The van der Waals surface area contributed by atoms with Gasteiger partial charge in [-0.3, -0.25) is 10.1 Å². The molecule has 1 heterocycles. The number of rotatable bonds is 3. The smallest absolute Gasteiger partial charge is 0.333 e. The van der Waals surface area contributed by atoms with Gasteiger partial charge in [-0.15, -0.1) is 0 Å². The molecule has 0 radical (unpaired) electrons. The molecule has 0 aliphatic heterocycles. The number of hydrogen-bond acceptors (Lipinski definition) is 4. The summed E-state index contributed by atoms with van der Waals surface area (Å²) in [5, 5.41) is 15.0. The van der Waals surface area contributed by atoms with Crippen LogP contribution in [0.25, 0.3) is 0 Å². The Morgan fingerprint density at radius 3 is 2.63 bits per heavy atom. The zero-order chi connectivity index (χ0) is 14.2. The molecule has 6 nitrogen and oxygen atoms in total. The number of nitrogens with two attached hydrogens (primary N) is 1. The van der Waals surface area contributed by atoms with E-state index in [1.54, 1.807) is 6.92 Å². The monoisotopic (exact) mass is 388 g/mol. The molecule has 0 atom stereocenters. The highest BCUT2D eigenvalue weighted by Gasteiger charge is 2.22. The molecule has 100 valence electrons. The highest BCUT2D eigenvalue weighted by molar-refractivity contribution is 9.13. The van der Waals surface area contributed by atoms with Crippen molar-refractivity contribution in [2.24, 2.45) is 0 Å². The Morgan fingerprint density at radius 2 is 2.11 bits per heavy atom. The third-order valence-corrected chi connectivity index (χ3v) is 4.51. The summed E-state index contributed by atoms with van der Waals surface area (Å²) in [5.74, 6) is 0.0709. The molecule has 2 aromatic rings. The number of nitrogen functional groups attached to an aromatic ring is 1. The van der Waals surface area contributed by atoms with Gasteiger partial charge in [0.15, 0.2) is 0 Å². The fraction of sp³-hybridized carbons (Fsp3) is 0.182. The second kappa shape index (κ2) is 5.30. The Morgan fingerprint density at radius 1 is 1.42 bits per heavy atom. The van der Waals surface area contributed by atoms with E-state index in [-0.39, 0.29) is 11.5 Å². The molecule has 2 rings (SSSR count). The van der Waals surface area contributed by atoms with Crippen molar-refractivity contribution in [2.75, 3.05) is 5.73 Å². The van der Waals surface area contributed by atoms with E-state index in [9.17, 15) is 10.1 Å². The topological polar surface area (TPSA) is 87.0 Å². The number of nitro groups is 1. The van der Waals surface area contributed by atoms with Gasteiger partial charge in [0.1, 0.15) is 5.69 Å². The maximum atomic E-state index is 10.9. The predicted molar refractivity (Wildman–Crippen MR) is 79.0 cm³/mol. The average Bonchev–Trinajstić information content (AvgIpc) is 2.59. The molecule has 1 aromatic carbocycles. The minimum absolute atomic E-state index is 0.0709. The second-order valence-corrected chi connectivity index (χ2v) is 5.69. The van der Waals surface area contributed by atoms with Crippen LogP contribution in [0.2, 0.25) is 0 Å². The first-order valence-corrected chi connectivity index (χ1v) is 6.90. The van der Waals surface area contributed by atoms with E-state index in [1.165, 1.54) is 4.68 Å². The molecule has 0 saturated carbocycles. The molecule has 19 heavy (non-hydrogen) atoms. The minimum atomic E-state index is -0.508.